The van der Waals surface area contributed by atoms with Crippen LogP contribution < -0.4 is 5.32 Å². The summed E-state index contributed by atoms with van der Waals surface area (Å²) in [4.78, 5) is 19.7. The lowest BCUT2D eigenvalue weighted by atomic mass is 10.1. The van der Waals surface area contributed by atoms with Crippen molar-refractivity contribution in [3.63, 3.8) is 0 Å². The van der Waals surface area contributed by atoms with Gasteiger partial charge in [0.05, 0.1) is 17.8 Å². The highest BCUT2D eigenvalue weighted by molar-refractivity contribution is 7.13. The van der Waals surface area contributed by atoms with Crippen LogP contribution in [-0.4, -0.2) is 30.8 Å². The van der Waals surface area contributed by atoms with Crippen LogP contribution in [0.4, 0.5) is 18.3 Å². The summed E-state index contributed by atoms with van der Waals surface area (Å²) in [6.07, 6.45) is -2.95. The molecular weight excluding hydrogens is 433 g/mol. The van der Waals surface area contributed by atoms with E-state index in [1.54, 1.807) is 40.5 Å². The van der Waals surface area contributed by atoms with E-state index in [0.29, 0.717) is 22.1 Å². The van der Waals surface area contributed by atoms with E-state index in [1.165, 1.54) is 11.3 Å². The number of alkyl halides is 3. The van der Waals surface area contributed by atoms with Gasteiger partial charge in [-0.1, -0.05) is 5.16 Å². The van der Waals surface area contributed by atoms with Crippen LogP contribution in [-0.2, 0) is 17.4 Å². The number of nitrogens with zero attached hydrogens (tertiary/aromatic N) is 5. The summed E-state index contributed by atoms with van der Waals surface area (Å²) in [6, 6.07) is 6.51. The number of rotatable bonds is 5. The van der Waals surface area contributed by atoms with Gasteiger partial charge in [-0.05, 0) is 38.1 Å². The van der Waals surface area contributed by atoms with Gasteiger partial charge in [0.15, 0.2) is 5.13 Å². The minimum Gasteiger partial charge on any atom is -0.329 e. The molecule has 3 heterocycles. The number of nitrogens with one attached hydrogen (secondary N) is 1. The molecule has 0 unspecified atom stereocenters. The van der Waals surface area contributed by atoms with Crippen LogP contribution in [0.2, 0.25) is 0 Å². The van der Waals surface area contributed by atoms with E-state index < -0.39 is 12.1 Å². The van der Waals surface area contributed by atoms with Crippen LogP contribution in [0.5, 0.6) is 0 Å². The molecule has 3 aromatic heterocycles. The Hall–Kier alpha value is -3.54. The summed E-state index contributed by atoms with van der Waals surface area (Å²) in [5.41, 5.74) is 3.30. The van der Waals surface area contributed by atoms with Gasteiger partial charge < -0.3 is 9.84 Å². The van der Waals surface area contributed by atoms with Gasteiger partial charge in [-0.2, -0.15) is 23.3 Å². The normalized spacial score (nSPS) is 11.6. The molecule has 0 bridgehead atoms. The Labute approximate surface area is 177 Å². The van der Waals surface area contributed by atoms with Crippen molar-refractivity contribution in [2.24, 2.45) is 0 Å². The van der Waals surface area contributed by atoms with Gasteiger partial charge in [-0.25, -0.2) is 9.67 Å². The average molecular weight is 448 g/mol. The minimum atomic E-state index is -4.70. The van der Waals surface area contributed by atoms with Crippen LogP contribution in [0.3, 0.4) is 0 Å². The van der Waals surface area contributed by atoms with Crippen molar-refractivity contribution < 1.29 is 22.5 Å². The maximum Gasteiger partial charge on any atom is 0.471 e. The quantitative estimate of drug-likeness (QED) is 0.491. The van der Waals surface area contributed by atoms with Crippen LogP contribution >= 0.6 is 11.3 Å². The Bertz CT molecular complexity index is 1210. The molecule has 8 nitrogen and oxygen atoms in total. The molecule has 0 saturated heterocycles. The second-order valence-electron chi connectivity index (χ2n) is 6.59. The monoisotopic (exact) mass is 448 g/mol. The fourth-order valence-electron chi connectivity index (χ4n) is 3.00. The number of hydrogen-bond acceptors (Lipinski definition) is 7. The highest BCUT2D eigenvalue weighted by Crippen LogP contribution is 2.29. The number of amides is 1. The summed E-state index contributed by atoms with van der Waals surface area (Å²) < 4.78 is 43.9. The van der Waals surface area contributed by atoms with Gasteiger partial charge in [0.2, 0.25) is 11.7 Å². The van der Waals surface area contributed by atoms with Crippen LogP contribution in [0.1, 0.15) is 22.8 Å². The number of anilines is 1. The molecule has 12 heteroatoms. The minimum absolute atomic E-state index is 0.137. The van der Waals surface area contributed by atoms with Crippen LogP contribution in [0.15, 0.2) is 40.4 Å². The molecule has 0 atom stereocenters. The predicted molar refractivity (Wildman–Crippen MR) is 106 cm³/mol. The Morgan fingerprint density at radius 2 is 1.97 bits per heavy atom. The van der Waals surface area contributed by atoms with E-state index in [2.05, 4.69) is 30.1 Å². The highest BCUT2D eigenvalue weighted by atomic mass is 32.1. The maximum atomic E-state index is 12.6. The average Bonchev–Trinajstić information content (AvgIpc) is 3.46. The summed E-state index contributed by atoms with van der Waals surface area (Å²) in [6.45, 7) is 3.65. The van der Waals surface area contributed by atoms with Gasteiger partial charge in [-0.3, -0.25) is 4.79 Å². The number of aromatic nitrogens is 5. The Morgan fingerprint density at radius 3 is 2.58 bits per heavy atom. The van der Waals surface area contributed by atoms with Crippen molar-refractivity contribution >= 4 is 22.4 Å². The lowest BCUT2D eigenvalue weighted by Gasteiger charge is -2.06. The second-order valence-corrected chi connectivity index (χ2v) is 7.49. The molecular formula is C19H15F3N6O2S. The molecule has 0 saturated carbocycles. The third-order valence-corrected chi connectivity index (χ3v) is 5.18. The summed E-state index contributed by atoms with van der Waals surface area (Å²) in [5, 5.41) is 12.9. The third-order valence-electron chi connectivity index (χ3n) is 4.50. The van der Waals surface area contributed by atoms with Crippen LogP contribution in [0, 0.1) is 13.8 Å². The Morgan fingerprint density at radius 1 is 1.23 bits per heavy atom. The summed E-state index contributed by atoms with van der Waals surface area (Å²) in [5.74, 6) is -1.76. The van der Waals surface area contributed by atoms with Crippen molar-refractivity contribution in [1.82, 2.24) is 24.9 Å². The van der Waals surface area contributed by atoms with Crippen molar-refractivity contribution in [3.05, 3.63) is 58.7 Å². The topological polar surface area (TPSA) is 98.7 Å². The highest BCUT2D eigenvalue weighted by Gasteiger charge is 2.38. The zero-order chi connectivity index (χ0) is 22.2. The van der Waals surface area contributed by atoms with Crippen molar-refractivity contribution in [1.29, 1.82) is 0 Å². The van der Waals surface area contributed by atoms with Crippen molar-refractivity contribution in [2.45, 2.75) is 26.4 Å². The molecule has 0 fully saturated rings. The molecule has 1 amide bonds. The number of halogens is 3. The standard InChI is InChI=1S/C19H15F3N6O2S/c1-10-14(9-15(29)24-18-23-7-8-31-18)11(2)28(26-10)13-5-3-12(4-6-13)16-25-17(30-27-16)19(20,21)22/h3-8H,9H2,1-2H3,(H,23,24,29). The molecule has 0 aliphatic rings. The number of carbonyl (C=O) groups excluding carboxylic acids is 1. The molecule has 4 rings (SSSR count). The van der Waals surface area contributed by atoms with E-state index in [0.717, 1.165) is 11.3 Å². The van der Waals surface area contributed by atoms with Gasteiger partial charge in [0.25, 0.3) is 0 Å². The largest absolute Gasteiger partial charge is 0.471 e. The molecule has 160 valence electrons. The summed E-state index contributed by atoms with van der Waals surface area (Å²) >= 11 is 1.33. The van der Waals surface area contributed by atoms with E-state index >= 15 is 0 Å². The lowest BCUT2D eigenvalue weighted by molar-refractivity contribution is -0.159. The van der Waals surface area contributed by atoms with E-state index in [4.69, 9.17) is 0 Å². The van der Waals surface area contributed by atoms with Crippen molar-refractivity contribution in [2.75, 3.05) is 5.32 Å². The Kier molecular flexibility index (Phi) is 5.31. The first-order valence-electron chi connectivity index (χ1n) is 8.98. The molecule has 0 radical (unpaired) electrons. The molecule has 0 aliphatic carbocycles. The number of benzene rings is 1. The summed E-state index contributed by atoms with van der Waals surface area (Å²) in [7, 11) is 0. The zero-order valence-corrected chi connectivity index (χ0v) is 17.1. The van der Waals surface area contributed by atoms with Crippen LogP contribution in [0.25, 0.3) is 17.1 Å². The molecule has 0 spiro atoms. The van der Waals surface area contributed by atoms with Gasteiger partial charge in [0.1, 0.15) is 0 Å². The first kappa shape index (κ1) is 20.7. The smallest absolute Gasteiger partial charge is 0.329 e. The van der Waals surface area contributed by atoms with Gasteiger partial charge in [-0.15, -0.1) is 11.3 Å². The Balaban J connectivity index is 1.54. The first-order chi connectivity index (χ1) is 14.7. The number of aryl methyl sites for hydroxylation is 1. The molecule has 1 aromatic carbocycles. The number of carbonyl (C=O) groups is 1. The lowest BCUT2D eigenvalue weighted by Crippen LogP contribution is -2.15. The first-order valence-corrected chi connectivity index (χ1v) is 9.86. The third kappa shape index (κ3) is 4.33. The SMILES string of the molecule is Cc1nn(-c2ccc(-c3noc(C(F)(F)F)n3)cc2)c(C)c1CC(=O)Nc1nccs1. The van der Waals surface area contributed by atoms with Gasteiger partial charge >= 0.3 is 12.1 Å². The van der Waals surface area contributed by atoms with E-state index in [1.807, 2.05) is 13.8 Å². The number of thiazole rings is 1. The fourth-order valence-corrected chi connectivity index (χ4v) is 3.54. The maximum absolute atomic E-state index is 12.6. The van der Waals surface area contributed by atoms with E-state index in [-0.39, 0.29) is 18.2 Å². The predicted octanol–water partition coefficient (Wildman–Crippen LogP) is 4.20. The van der Waals surface area contributed by atoms with Crippen molar-refractivity contribution in [3.8, 4) is 17.1 Å². The molecule has 1 N–H and O–H groups in total. The fraction of sp³-hybridized carbons (Fsp3) is 0.211. The second kappa shape index (κ2) is 7.95. The molecule has 31 heavy (non-hydrogen) atoms. The van der Waals surface area contributed by atoms with E-state index in [9.17, 15) is 18.0 Å². The molecule has 0 aliphatic heterocycles. The molecule has 4 aromatic rings. The van der Waals surface area contributed by atoms with Gasteiger partial charge in [0, 0.05) is 28.4 Å². The number of hydrogen-bond donors (Lipinski definition) is 1. The zero-order valence-electron chi connectivity index (χ0n) is 16.3.